The summed E-state index contributed by atoms with van der Waals surface area (Å²) in [5.41, 5.74) is 1.59. The van der Waals surface area contributed by atoms with Crippen molar-refractivity contribution in [2.45, 2.75) is 5.75 Å². The lowest BCUT2D eigenvalue weighted by Gasteiger charge is -2.07. The molecule has 7 heteroatoms. The van der Waals surface area contributed by atoms with Crippen molar-refractivity contribution in [3.8, 4) is 0 Å². The molecule has 116 valence electrons. The van der Waals surface area contributed by atoms with E-state index in [0.717, 1.165) is 5.56 Å². The van der Waals surface area contributed by atoms with Gasteiger partial charge in [-0.15, -0.1) is 11.8 Å². The Labute approximate surface area is 153 Å². The first-order valence-corrected chi connectivity index (χ1v) is 8.88. The molecule has 0 aliphatic heterocycles. The molecule has 22 heavy (non-hydrogen) atoms. The summed E-state index contributed by atoms with van der Waals surface area (Å²) in [7, 11) is 0. The number of hydrogen-bond acceptors (Lipinski definition) is 2. The number of amides is 1. The molecular formula is C15H11Cl4NOS. The maximum absolute atomic E-state index is 11.9. The van der Waals surface area contributed by atoms with Gasteiger partial charge in [0.05, 0.1) is 15.8 Å². The molecule has 0 radical (unpaired) electrons. The largest absolute Gasteiger partial charge is 0.325 e. The summed E-state index contributed by atoms with van der Waals surface area (Å²) in [6.07, 6.45) is 0. The van der Waals surface area contributed by atoms with Crippen LogP contribution < -0.4 is 5.32 Å². The van der Waals surface area contributed by atoms with Crippen molar-refractivity contribution in [2.24, 2.45) is 0 Å². The summed E-state index contributed by atoms with van der Waals surface area (Å²) in [4.78, 5) is 11.9. The van der Waals surface area contributed by atoms with Crippen molar-refractivity contribution >= 4 is 69.8 Å². The van der Waals surface area contributed by atoms with Gasteiger partial charge in [-0.05, 0) is 35.9 Å². The summed E-state index contributed by atoms with van der Waals surface area (Å²) in [5, 5.41) is 4.74. The van der Waals surface area contributed by atoms with Crippen molar-refractivity contribution in [2.75, 3.05) is 11.1 Å². The molecule has 0 fully saturated rings. The lowest BCUT2D eigenvalue weighted by Crippen LogP contribution is -2.14. The highest BCUT2D eigenvalue weighted by atomic mass is 35.5. The van der Waals surface area contributed by atoms with Crippen LogP contribution in [0.15, 0.2) is 36.4 Å². The second kappa shape index (κ2) is 8.32. The molecule has 0 bridgehead atoms. The lowest BCUT2D eigenvalue weighted by molar-refractivity contribution is -0.113. The molecule has 0 spiro atoms. The minimum Gasteiger partial charge on any atom is -0.325 e. The van der Waals surface area contributed by atoms with Crippen LogP contribution in [-0.4, -0.2) is 11.7 Å². The summed E-state index contributed by atoms with van der Waals surface area (Å²) in [6, 6.07) is 10.3. The molecule has 2 aromatic rings. The predicted molar refractivity (Wildman–Crippen MR) is 97.7 cm³/mol. The standard InChI is InChI=1S/C15H11Cl4NOS/c16-10-4-11(17)6-12(5-10)20-15(21)8-22-7-9-1-2-13(18)14(19)3-9/h1-6H,7-8H2,(H,20,21). The van der Waals surface area contributed by atoms with Crippen LogP contribution in [0.5, 0.6) is 0 Å². The molecule has 0 unspecified atom stereocenters. The second-order valence-electron chi connectivity index (χ2n) is 4.45. The molecule has 1 amide bonds. The van der Waals surface area contributed by atoms with Crippen molar-refractivity contribution < 1.29 is 4.79 Å². The molecule has 0 atom stereocenters. The van der Waals surface area contributed by atoms with Crippen molar-refractivity contribution in [3.05, 3.63) is 62.1 Å². The van der Waals surface area contributed by atoms with Gasteiger partial charge in [0.2, 0.25) is 5.91 Å². The van der Waals surface area contributed by atoms with E-state index in [1.54, 1.807) is 30.3 Å². The molecular weight excluding hydrogens is 384 g/mol. The molecule has 2 aromatic carbocycles. The Morgan fingerprint density at radius 2 is 1.64 bits per heavy atom. The highest BCUT2D eigenvalue weighted by molar-refractivity contribution is 7.99. The van der Waals surface area contributed by atoms with Gasteiger partial charge in [-0.2, -0.15) is 0 Å². The van der Waals surface area contributed by atoms with E-state index in [1.807, 2.05) is 6.07 Å². The highest BCUT2D eigenvalue weighted by Crippen LogP contribution is 2.25. The van der Waals surface area contributed by atoms with Gasteiger partial charge >= 0.3 is 0 Å². The molecule has 0 aromatic heterocycles. The van der Waals surface area contributed by atoms with Crippen LogP contribution in [0.1, 0.15) is 5.56 Å². The zero-order valence-corrected chi connectivity index (χ0v) is 15.0. The molecule has 0 saturated heterocycles. The zero-order chi connectivity index (χ0) is 16.1. The highest BCUT2D eigenvalue weighted by Gasteiger charge is 2.06. The third-order valence-corrected chi connectivity index (χ3v) is 4.81. The van der Waals surface area contributed by atoms with E-state index in [-0.39, 0.29) is 5.91 Å². The average molecular weight is 395 g/mol. The third kappa shape index (κ3) is 5.56. The predicted octanol–water partition coefficient (Wildman–Crippen LogP) is 6.17. The Balaban J connectivity index is 1.83. The third-order valence-electron chi connectivity index (χ3n) is 2.63. The monoisotopic (exact) mass is 393 g/mol. The van der Waals surface area contributed by atoms with Crippen LogP contribution in [0.2, 0.25) is 20.1 Å². The van der Waals surface area contributed by atoms with E-state index in [4.69, 9.17) is 46.4 Å². The number of benzene rings is 2. The SMILES string of the molecule is O=C(CSCc1ccc(Cl)c(Cl)c1)Nc1cc(Cl)cc(Cl)c1. The van der Waals surface area contributed by atoms with Crippen LogP contribution in [0.4, 0.5) is 5.69 Å². The first-order chi connectivity index (χ1) is 10.4. The van der Waals surface area contributed by atoms with Gasteiger partial charge in [0.15, 0.2) is 0 Å². The molecule has 0 aliphatic carbocycles. The number of anilines is 1. The smallest absolute Gasteiger partial charge is 0.234 e. The van der Waals surface area contributed by atoms with E-state index < -0.39 is 0 Å². The number of carbonyl (C=O) groups is 1. The number of halogens is 4. The molecule has 1 N–H and O–H groups in total. The van der Waals surface area contributed by atoms with E-state index >= 15 is 0 Å². The molecule has 0 heterocycles. The normalized spacial score (nSPS) is 10.5. The average Bonchev–Trinajstić information content (AvgIpc) is 2.41. The Morgan fingerprint density at radius 3 is 2.27 bits per heavy atom. The Bertz CT molecular complexity index is 673. The summed E-state index contributed by atoms with van der Waals surface area (Å²) >= 11 is 25.0. The topological polar surface area (TPSA) is 29.1 Å². The number of carbonyl (C=O) groups excluding carboxylic acids is 1. The van der Waals surface area contributed by atoms with Gasteiger partial charge < -0.3 is 5.32 Å². The van der Waals surface area contributed by atoms with Crippen molar-refractivity contribution in [1.82, 2.24) is 0 Å². The maximum atomic E-state index is 11.9. The minimum absolute atomic E-state index is 0.122. The number of hydrogen-bond donors (Lipinski definition) is 1. The van der Waals surface area contributed by atoms with Crippen molar-refractivity contribution in [3.63, 3.8) is 0 Å². The van der Waals surface area contributed by atoms with E-state index in [1.165, 1.54) is 11.8 Å². The van der Waals surface area contributed by atoms with Crippen molar-refractivity contribution in [1.29, 1.82) is 0 Å². The minimum atomic E-state index is -0.122. The van der Waals surface area contributed by atoms with Crippen LogP contribution >= 0.6 is 58.2 Å². The zero-order valence-electron chi connectivity index (χ0n) is 11.2. The van der Waals surface area contributed by atoms with Gasteiger partial charge in [-0.25, -0.2) is 0 Å². The van der Waals surface area contributed by atoms with E-state index in [9.17, 15) is 4.79 Å². The Hall–Kier alpha value is -0.580. The lowest BCUT2D eigenvalue weighted by atomic mass is 10.2. The van der Waals surface area contributed by atoms with E-state index in [2.05, 4.69) is 5.32 Å². The fourth-order valence-corrected chi connectivity index (χ4v) is 3.34. The maximum Gasteiger partial charge on any atom is 0.234 e. The Kier molecular flexibility index (Phi) is 6.72. The van der Waals surface area contributed by atoms with Crippen LogP contribution in [0.3, 0.4) is 0 Å². The van der Waals surface area contributed by atoms with Gasteiger partial charge in [-0.3, -0.25) is 4.79 Å². The second-order valence-corrected chi connectivity index (χ2v) is 7.12. The molecule has 2 nitrogen and oxygen atoms in total. The number of rotatable bonds is 5. The molecule has 2 rings (SSSR count). The van der Waals surface area contributed by atoms with Crippen LogP contribution in [0, 0.1) is 0 Å². The van der Waals surface area contributed by atoms with Crippen LogP contribution in [0.25, 0.3) is 0 Å². The fourth-order valence-electron chi connectivity index (χ4n) is 1.71. The first-order valence-electron chi connectivity index (χ1n) is 6.21. The fraction of sp³-hybridized carbons (Fsp3) is 0.133. The summed E-state index contributed by atoms with van der Waals surface area (Å²) in [6.45, 7) is 0. The van der Waals surface area contributed by atoms with Gasteiger partial charge in [0.1, 0.15) is 0 Å². The summed E-state index contributed by atoms with van der Waals surface area (Å²) < 4.78 is 0. The Morgan fingerprint density at radius 1 is 0.955 bits per heavy atom. The van der Waals surface area contributed by atoms with Crippen LogP contribution in [-0.2, 0) is 10.5 Å². The van der Waals surface area contributed by atoms with Gasteiger partial charge in [0, 0.05) is 21.5 Å². The summed E-state index contributed by atoms with van der Waals surface area (Å²) in [5.74, 6) is 0.855. The number of nitrogens with one attached hydrogen (secondary N) is 1. The first kappa shape index (κ1) is 17.8. The number of thioether (sulfide) groups is 1. The molecule has 0 aliphatic rings. The van der Waals surface area contributed by atoms with Gasteiger partial charge in [-0.1, -0.05) is 52.5 Å². The quantitative estimate of drug-likeness (QED) is 0.656. The van der Waals surface area contributed by atoms with E-state index in [0.29, 0.717) is 37.3 Å². The molecule has 0 saturated carbocycles. The van der Waals surface area contributed by atoms with Gasteiger partial charge in [0.25, 0.3) is 0 Å².